The highest BCUT2D eigenvalue weighted by Crippen LogP contribution is 2.51. The first-order chi connectivity index (χ1) is 17.8. The van der Waals surface area contributed by atoms with Crippen LogP contribution in [0.1, 0.15) is 11.1 Å². The second-order valence-electron chi connectivity index (χ2n) is 8.67. The van der Waals surface area contributed by atoms with Crippen molar-refractivity contribution in [1.82, 2.24) is 0 Å². The summed E-state index contributed by atoms with van der Waals surface area (Å²) >= 11 is 0. The van der Waals surface area contributed by atoms with Crippen molar-refractivity contribution >= 4 is 43.9 Å². The number of nitriles is 2. The molecule has 7 aromatic rings. The predicted octanol–water partition coefficient (Wildman–Crippen LogP) is 8.56. The Morgan fingerprint density at radius 3 is 1.31 bits per heavy atom. The summed E-state index contributed by atoms with van der Waals surface area (Å²) in [6, 6.07) is 35.6. The van der Waals surface area contributed by atoms with Gasteiger partial charge in [-0.25, -0.2) is 0 Å². The minimum Gasteiger partial charge on any atom is -0.455 e. The summed E-state index contributed by atoms with van der Waals surface area (Å²) in [7, 11) is 0. The highest BCUT2D eigenvalue weighted by atomic mass is 16.3. The van der Waals surface area contributed by atoms with Crippen molar-refractivity contribution in [3.63, 3.8) is 0 Å². The van der Waals surface area contributed by atoms with Crippen molar-refractivity contribution in [2.24, 2.45) is 0 Å². The molecule has 4 nitrogen and oxygen atoms in total. The molecule has 4 heteroatoms. The monoisotopic (exact) mass is 460 g/mol. The Balaban J connectivity index is 1.85. The van der Waals surface area contributed by atoms with Gasteiger partial charge >= 0.3 is 0 Å². The lowest BCUT2D eigenvalue weighted by atomic mass is 9.88. The minimum absolute atomic E-state index is 0.552. The molecule has 166 valence electrons. The zero-order valence-corrected chi connectivity index (χ0v) is 18.9. The molecule has 36 heavy (non-hydrogen) atoms. The standard InChI is InChI=1S/C32H16N2O2/c33-17-19-9-1-3-11-21(19)27-29-23-13-5-7-15-25(23)36-32(29)28(22-12-4-2-10-20(22)18-34)30-24-14-6-8-16-26(24)35-31(27)30/h1-16H. The Morgan fingerprint density at radius 1 is 0.472 bits per heavy atom. The van der Waals surface area contributed by atoms with E-state index in [1.54, 1.807) is 0 Å². The molecule has 0 aliphatic rings. The molecule has 0 spiro atoms. The van der Waals surface area contributed by atoms with Gasteiger partial charge < -0.3 is 8.83 Å². The highest BCUT2D eigenvalue weighted by molar-refractivity contribution is 6.30. The van der Waals surface area contributed by atoms with Gasteiger partial charge in [-0.1, -0.05) is 72.8 Å². The lowest BCUT2D eigenvalue weighted by Gasteiger charge is -2.13. The first-order valence-electron chi connectivity index (χ1n) is 11.6. The van der Waals surface area contributed by atoms with E-state index in [1.165, 1.54) is 0 Å². The first-order valence-corrected chi connectivity index (χ1v) is 11.6. The molecule has 0 aliphatic heterocycles. The van der Waals surface area contributed by atoms with Crippen LogP contribution in [0.4, 0.5) is 0 Å². The zero-order valence-electron chi connectivity index (χ0n) is 18.9. The lowest BCUT2D eigenvalue weighted by Crippen LogP contribution is -1.91. The molecule has 5 aromatic carbocycles. The molecule has 2 heterocycles. The van der Waals surface area contributed by atoms with Crippen LogP contribution in [0.25, 0.3) is 66.1 Å². The molecule has 0 unspecified atom stereocenters. The van der Waals surface area contributed by atoms with Crippen LogP contribution < -0.4 is 0 Å². The molecule has 0 saturated heterocycles. The van der Waals surface area contributed by atoms with E-state index >= 15 is 0 Å². The van der Waals surface area contributed by atoms with Crippen molar-refractivity contribution in [3.8, 4) is 34.4 Å². The Labute approximate surface area is 205 Å². The summed E-state index contributed by atoms with van der Waals surface area (Å²) in [6.45, 7) is 0. The fourth-order valence-electron chi connectivity index (χ4n) is 5.28. The third kappa shape index (κ3) is 2.67. The fraction of sp³-hybridized carbons (Fsp3) is 0. The molecule has 2 aromatic heterocycles. The van der Waals surface area contributed by atoms with Crippen LogP contribution in [0.3, 0.4) is 0 Å². The molecule has 0 radical (unpaired) electrons. The van der Waals surface area contributed by atoms with Gasteiger partial charge in [0.15, 0.2) is 0 Å². The van der Waals surface area contributed by atoms with Gasteiger partial charge in [0.25, 0.3) is 0 Å². The third-order valence-corrected chi connectivity index (χ3v) is 6.78. The summed E-state index contributed by atoms with van der Waals surface area (Å²) in [4.78, 5) is 0. The van der Waals surface area contributed by atoms with Crippen molar-refractivity contribution < 1.29 is 8.83 Å². The number of furan rings is 2. The van der Waals surface area contributed by atoms with E-state index < -0.39 is 0 Å². The second kappa shape index (κ2) is 7.60. The Kier molecular flexibility index (Phi) is 4.24. The van der Waals surface area contributed by atoms with E-state index in [4.69, 9.17) is 8.83 Å². The summed E-state index contributed by atoms with van der Waals surface area (Å²) in [5.41, 5.74) is 7.09. The maximum atomic E-state index is 9.99. The number of hydrogen-bond donors (Lipinski definition) is 0. The number of fused-ring (bicyclic) bond motifs is 6. The molecule has 0 fully saturated rings. The Hall–Kier alpha value is -5.32. The number of para-hydroxylation sites is 2. The van der Waals surface area contributed by atoms with Gasteiger partial charge in [-0.3, -0.25) is 0 Å². The van der Waals surface area contributed by atoms with Gasteiger partial charge in [0.05, 0.1) is 23.3 Å². The fourth-order valence-corrected chi connectivity index (χ4v) is 5.28. The van der Waals surface area contributed by atoms with Gasteiger partial charge in [0, 0.05) is 43.8 Å². The average molecular weight is 460 g/mol. The number of nitrogens with zero attached hydrogens (tertiary/aromatic N) is 2. The van der Waals surface area contributed by atoms with Crippen LogP contribution in [-0.4, -0.2) is 0 Å². The van der Waals surface area contributed by atoms with Gasteiger partial charge in [-0.2, -0.15) is 10.5 Å². The number of hydrogen-bond acceptors (Lipinski definition) is 4. The van der Waals surface area contributed by atoms with E-state index in [-0.39, 0.29) is 0 Å². The largest absolute Gasteiger partial charge is 0.455 e. The van der Waals surface area contributed by atoms with Crippen molar-refractivity contribution in [3.05, 3.63) is 108 Å². The van der Waals surface area contributed by atoms with Gasteiger partial charge in [-0.05, 0) is 24.3 Å². The average Bonchev–Trinajstić information content (AvgIpc) is 3.51. The SMILES string of the molecule is N#Cc1ccccc1-c1c2oc3ccccc3c2c(-c2ccccc2C#N)c2oc3ccccc3c12. The lowest BCUT2D eigenvalue weighted by molar-refractivity contribution is 0.665. The van der Waals surface area contributed by atoms with Crippen LogP contribution in [0.5, 0.6) is 0 Å². The van der Waals surface area contributed by atoms with E-state index in [0.29, 0.717) is 22.3 Å². The quantitative estimate of drug-likeness (QED) is 0.259. The second-order valence-corrected chi connectivity index (χ2v) is 8.67. The molecule has 0 aliphatic carbocycles. The van der Waals surface area contributed by atoms with Crippen LogP contribution in [0.15, 0.2) is 106 Å². The molecule has 0 atom stereocenters. The molecule has 0 N–H and O–H groups in total. The summed E-state index contributed by atoms with van der Waals surface area (Å²) in [6.07, 6.45) is 0. The minimum atomic E-state index is 0.552. The van der Waals surface area contributed by atoms with Gasteiger partial charge in [0.2, 0.25) is 0 Å². The Bertz CT molecular complexity index is 1930. The normalized spacial score (nSPS) is 11.3. The summed E-state index contributed by atoms with van der Waals surface area (Å²) < 4.78 is 13.1. The van der Waals surface area contributed by atoms with Crippen molar-refractivity contribution in [2.75, 3.05) is 0 Å². The van der Waals surface area contributed by atoms with Gasteiger partial charge in [0.1, 0.15) is 22.3 Å². The zero-order chi connectivity index (χ0) is 24.2. The first kappa shape index (κ1) is 20.1. The van der Waals surface area contributed by atoms with E-state index in [2.05, 4.69) is 12.1 Å². The van der Waals surface area contributed by atoms with E-state index in [1.807, 2.05) is 97.1 Å². The third-order valence-electron chi connectivity index (χ3n) is 6.78. The van der Waals surface area contributed by atoms with E-state index in [9.17, 15) is 10.5 Å². The topological polar surface area (TPSA) is 73.9 Å². The molecular formula is C32H16N2O2. The van der Waals surface area contributed by atoms with Crippen LogP contribution in [-0.2, 0) is 0 Å². The smallest absolute Gasteiger partial charge is 0.144 e. The molecule has 0 saturated carbocycles. The molecule has 7 rings (SSSR count). The molecule has 0 amide bonds. The predicted molar refractivity (Wildman–Crippen MR) is 141 cm³/mol. The van der Waals surface area contributed by atoms with Crippen molar-refractivity contribution in [2.45, 2.75) is 0 Å². The van der Waals surface area contributed by atoms with E-state index in [0.717, 1.165) is 55.0 Å². The van der Waals surface area contributed by atoms with Crippen LogP contribution in [0, 0.1) is 22.7 Å². The highest BCUT2D eigenvalue weighted by Gasteiger charge is 2.28. The maximum Gasteiger partial charge on any atom is 0.144 e. The van der Waals surface area contributed by atoms with Crippen LogP contribution in [0.2, 0.25) is 0 Å². The van der Waals surface area contributed by atoms with Crippen LogP contribution >= 0.6 is 0 Å². The Morgan fingerprint density at radius 2 is 0.861 bits per heavy atom. The maximum absolute atomic E-state index is 9.99. The molecule has 0 bridgehead atoms. The summed E-state index contributed by atoms with van der Waals surface area (Å²) in [5.74, 6) is 0. The number of rotatable bonds is 2. The molecular weight excluding hydrogens is 444 g/mol. The number of benzene rings is 5. The van der Waals surface area contributed by atoms with Gasteiger partial charge in [-0.15, -0.1) is 0 Å². The van der Waals surface area contributed by atoms with Crippen molar-refractivity contribution in [1.29, 1.82) is 10.5 Å². The summed E-state index contributed by atoms with van der Waals surface area (Å²) in [5, 5.41) is 23.6.